The Hall–Kier alpha value is -0.750. The molecular formula is C10H18N2O3S. The Morgan fingerprint density at radius 2 is 1.94 bits per heavy atom. The summed E-state index contributed by atoms with van der Waals surface area (Å²) in [6, 6.07) is 0. The van der Waals surface area contributed by atoms with Gasteiger partial charge in [-0.1, -0.05) is 0 Å². The Morgan fingerprint density at radius 1 is 1.25 bits per heavy atom. The van der Waals surface area contributed by atoms with Gasteiger partial charge in [0, 0.05) is 32.5 Å². The highest BCUT2D eigenvalue weighted by Gasteiger charge is 2.16. The van der Waals surface area contributed by atoms with Gasteiger partial charge in [-0.2, -0.15) is 12.6 Å². The highest BCUT2D eigenvalue weighted by atomic mass is 32.1. The molecule has 0 radical (unpaired) electrons. The molecule has 0 spiro atoms. The number of hydrogen-bond acceptors (Lipinski definition) is 4. The number of nitrogens with zero attached hydrogens (tertiary/aromatic N) is 1. The molecule has 1 heterocycles. The van der Waals surface area contributed by atoms with Crippen molar-refractivity contribution in [1.29, 1.82) is 0 Å². The van der Waals surface area contributed by atoms with Crippen molar-refractivity contribution in [3.8, 4) is 0 Å². The van der Waals surface area contributed by atoms with Gasteiger partial charge in [0.2, 0.25) is 11.8 Å². The third-order valence-corrected chi connectivity index (χ3v) is 2.59. The summed E-state index contributed by atoms with van der Waals surface area (Å²) in [6.45, 7) is 2.94. The van der Waals surface area contributed by atoms with Gasteiger partial charge in [-0.15, -0.1) is 0 Å². The normalized spacial score (nSPS) is 15.9. The summed E-state index contributed by atoms with van der Waals surface area (Å²) >= 11 is 3.96. The second-order valence-electron chi connectivity index (χ2n) is 3.57. The van der Waals surface area contributed by atoms with Gasteiger partial charge in [-0.3, -0.25) is 9.59 Å². The minimum Gasteiger partial charge on any atom is -0.378 e. The van der Waals surface area contributed by atoms with Crippen LogP contribution in [0.1, 0.15) is 12.8 Å². The zero-order valence-electron chi connectivity index (χ0n) is 9.28. The smallest absolute Gasteiger partial charge is 0.224 e. The van der Waals surface area contributed by atoms with Crippen molar-refractivity contribution in [1.82, 2.24) is 10.2 Å². The largest absolute Gasteiger partial charge is 0.378 e. The fourth-order valence-electron chi connectivity index (χ4n) is 1.47. The lowest BCUT2D eigenvalue weighted by atomic mass is 10.3. The molecule has 0 bridgehead atoms. The predicted octanol–water partition coefficient (Wildman–Crippen LogP) is -0.329. The van der Waals surface area contributed by atoms with E-state index in [-0.39, 0.29) is 11.8 Å². The average molecular weight is 246 g/mol. The topological polar surface area (TPSA) is 58.6 Å². The molecule has 0 atom stereocenters. The number of ether oxygens (including phenoxy) is 1. The Morgan fingerprint density at radius 3 is 2.56 bits per heavy atom. The van der Waals surface area contributed by atoms with E-state index in [1.54, 1.807) is 4.90 Å². The van der Waals surface area contributed by atoms with Crippen LogP contribution in [0, 0.1) is 0 Å². The number of carbonyl (C=O) groups is 2. The van der Waals surface area contributed by atoms with E-state index in [1.807, 2.05) is 0 Å². The number of morpholine rings is 1. The van der Waals surface area contributed by atoms with Crippen LogP contribution >= 0.6 is 12.6 Å². The van der Waals surface area contributed by atoms with Crippen LogP contribution in [0.2, 0.25) is 0 Å². The number of thiol groups is 1. The maximum Gasteiger partial charge on any atom is 0.224 e. The first-order chi connectivity index (χ1) is 7.74. The summed E-state index contributed by atoms with van der Waals surface area (Å²) < 4.78 is 5.15. The molecule has 1 aliphatic rings. The summed E-state index contributed by atoms with van der Waals surface area (Å²) in [4.78, 5) is 24.5. The fraction of sp³-hybridized carbons (Fsp3) is 0.800. The van der Waals surface area contributed by atoms with Gasteiger partial charge in [0.1, 0.15) is 0 Å². The van der Waals surface area contributed by atoms with Crippen LogP contribution in [-0.2, 0) is 14.3 Å². The summed E-state index contributed by atoms with van der Waals surface area (Å²) in [5.74, 6) is 0.558. The maximum atomic E-state index is 11.6. The van der Waals surface area contributed by atoms with Crippen molar-refractivity contribution in [2.75, 3.05) is 38.6 Å². The average Bonchev–Trinajstić information content (AvgIpc) is 2.30. The van der Waals surface area contributed by atoms with Crippen LogP contribution in [0.25, 0.3) is 0 Å². The molecule has 1 N–H and O–H groups in total. The van der Waals surface area contributed by atoms with Gasteiger partial charge in [-0.25, -0.2) is 0 Å². The molecule has 92 valence electrons. The van der Waals surface area contributed by atoms with Gasteiger partial charge in [0.25, 0.3) is 0 Å². The van der Waals surface area contributed by atoms with Crippen LogP contribution in [0.4, 0.5) is 0 Å². The highest BCUT2D eigenvalue weighted by Crippen LogP contribution is 1.99. The van der Waals surface area contributed by atoms with E-state index >= 15 is 0 Å². The third-order valence-electron chi connectivity index (χ3n) is 2.36. The van der Waals surface area contributed by atoms with E-state index in [0.29, 0.717) is 51.4 Å². The van der Waals surface area contributed by atoms with Crippen molar-refractivity contribution in [3.63, 3.8) is 0 Å². The molecule has 0 aromatic heterocycles. The Kier molecular flexibility index (Phi) is 6.25. The first kappa shape index (κ1) is 13.3. The van der Waals surface area contributed by atoms with Crippen LogP contribution < -0.4 is 5.32 Å². The maximum absolute atomic E-state index is 11.6. The molecule has 5 nitrogen and oxygen atoms in total. The van der Waals surface area contributed by atoms with Gasteiger partial charge in [0.15, 0.2) is 0 Å². The molecule has 1 fully saturated rings. The summed E-state index contributed by atoms with van der Waals surface area (Å²) in [5.41, 5.74) is 0. The molecule has 0 saturated carbocycles. The van der Waals surface area contributed by atoms with Crippen molar-refractivity contribution >= 4 is 24.4 Å². The standard InChI is InChI=1S/C10H18N2O3S/c13-9(2-8-16)11-3-1-10(14)12-4-6-15-7-5-12/h16H,1-8H2,(H,11,13). The molecule has 2 amide bonds. The zero-order chi connectivity index (χ0) is 11.8. The van der Waals surface area contributed by atoms with Gasteiger partial charge in [-0.05, 0) is 5.75 Å². The highest BCUT2D eigenvalue weighted by molar-refractivity contribution is 7.80. The second-order valence-corrected chi connectivity index (χ2v) is 4.01. The van der Waals surface area contributed by atoms with Crippen LogP contribution in [0.5, 0.6) is 0 Å². The molecule has 0 aromatic rings. The molecule has 1 saturated heterocycles. The number of amides is 2. The van der Waals surface area contributed by atoms with Crippen LogP contribution in [0.3, 0.4) is 0 Å². The van der Waals surface area contributed by atoms with Crippen molar-refractivity contribution in [2.24, 2.45) is 0 Å². The van der Waals surface area contributed by atoms with Gasteiger partial charge >= 0.3 is 0 Å². The van der Waals surface area contributed by atoms with Crippen LogP contribution in [-0.4, -0.2) is 55.3 Å². The van der Waals surface area contributed by atoms with Gasteiger partial charge < -0.3 is 15.0 Å². The van der Waals surface area contributed by atoms with Crippen LogP contribution in [0.15, 0.2) is 0 Å². The fourth-order valence-corrected chi connectivity index (χ4v) is 1.67. The van der Waals surface area contributed by atoms with E-state index in [2.05, 4.69) is 17.9 Å². The molecule has 1 rings (SSSR count). The minimum absolute atomic E-state index is 0.0511. The van der Waals surface area contributed by atoms with E-state index < -0.39 is 0 Å². The number of rotatable bonds is 5. The molecule has 0 aliphatic carbocycles. The summed E-state index contributed by atoms with van der Waals surface area (Å²) in [7, 11) is 0. The lowest BCUT2D eigenvalue weighted by Gasteiger charge is -2.26. The molecule has 0 aromatic carbocycles. The van der Waals surface area contributed by atoms with E-state index in [0.717, 1.165) is 0 Å². The number of hydrogen-bond donors (Lipinski definition) is 2. The van der Waals surface area contributed by atoms with Crippen molar-refractivity contribution in [2.45, 2.75) is 12.8 Å². The lowest BCUT2D eigenvalue weighted by molar-refractivity contribution is -0.135. The monoisotopic (exact) mass is 246 g/mol. The molecule has 6 heteroatoms. The van der Waals surface area contributed by atoms with Crippen molar-refractivity contribution < 1.29 is 14.3 Å². The van der Waals surface area contributed by atoms with E-state index in [1.165, 1.54) is 0 Å². The summed E-state index contributed by atoms with van der Waals surface area (Å²) in [5, 5.41) is 2.69. The Balaban J connectivity index is 2.12. The molecule has 1 aliphatic heterocycles. The first-order valence-electron chi connectivity index (χ1n) is 5.47. The van der Waals surface area contributed by atoms with Gasteiger partial charge in [0.05, 0.1) is 13.2 Å². The number of nitrogens with one attached hydrogen (secondary N) is 1. The number of carbonyl (C=O) groups excluding carboxylic acids is 2. The molecule has 0 unspecified atom stereocenters. The molecular weight excluding hydrogens is 228 g/mol. The Bertz CT molecular complexity index is 242. The zero-order valence-corrected chi connectivity index (χ0v) is 10.2. The predicted molar refractivity (Wildman–Crippen MR) is 63.5 cm³/mol. The van der Waals surface area contributed by atoms with E-state index in [4.69, 9.17) is 4.74 Å². The van der Waals surface area contributed by atoms with Crippen molar-refractivity contribution in [3.05, 3.63) is 0 Å². The summed E-state index contributed by atoms with van der Waals surface area (Å²) in [6.07, 6.45) is 0.757. The minimum atomic E-state index is -0.0511. The lowest BCUT2D eigenvalue weighted by Crippen LogP contribution is -2.42. The van der Waals surface area contributed by atoms with E-state index in [9.17, 15) is 9.59 Å². The SMILES string of the molecule is O=C(CCS)NCCC(=O)N1CCOCC1. The molecule has 16 heavy (non-hydrogen) atoms. The Labute approximate surface area is 101 Å². The first-order valence-corrected chi connectivity index (χ1v) is 6.10. The quantitative estimate of drug-likeness (QED) is 0.653. The second kappa shape index (κ2) is 7.51. The third kappa shape index (κ3) is 4.85.